The Labute approximate surface area is 914 Å². The van der Waals surface area contributed by atoms with E-state index in [0.717, 1.165) is 153 Å². The van der Waals surface area contributed by atoms with E-state index in [1.807, 2.05) is 0 Å². The molecule has 6 N–H and O–H groups in total. The zero-order chi connectivity index (χ0) is 110. The van der Waals surface area contributed by atoms with Crippen molar-refractivity contribution in [1.29, 1.82) is 0 Å². The third kappa shape index (κ3) is 30.0. The molecular formula is C138H214O12. The Bertz CT molecular complexity index is 4590. The molecule has 4 heterocycles. The quantitative estimate of drug-likeness (QED) is 0.0685. The van der Waals surface area contributed by atoms with E-state index in [9.17, 15) is 30.6 Å². The van der Waals surface area contributed by atoms with E-state index in [1.54, 1.807) is 0 Å². The first-order valence-corrected chi connectivity index (χ1v) is 60.1. The summed E-state index contributed by atoms with van der Waals surface area (Å²) >= 11 is 0. The van der Waals surface area contributed by atoms with E-state index >= 15 is 0 Å². The summed E-state index contributed by atoms with van der Waals surface area (Å²) in [6, 6.07) is 26.5. The predicted octanol–water partition coefficient (Wildman–Crippen LogP) is 37.0. The summed E-state index contributed by atoms with van der Waals surface area (Å²) < 4.78 is 36.9. The molecule has 4 aliphatic heterocycles. The molecule has 8 aliphatic carbocycles. The van der Waals surface area contributed by atoms with Gasteiger partial charge in [-0.05, 0) is 340 Å². The molecule has 5 unspecified atom stereocenters. The zero-order valence-corrected chi connectivity index (χ0v) is 102. The summed E-state index contributed by atoms with van der Waals surface area (Å²) in [6.07, 6.45) is 41.8. The highest BCUT2D eigenvalue weighted by molar-refractivity contribution is 5.70. The predicted molar refractivity (Wildman–Crippen MR) is 627 cm³/mol. The fourth-order valence-electron chi connectivity index (χ4n) is 25.4. The fraction of sp³-hybridized carbons (Fsp3) is 0.725. The van der Waals surface area contributed by atoms with Crippen molar-refractivity contribution < 1.29 is 59.1 Å². The molecule has 5 atom stereocenters. The monoisotopic (exact) mass is 2060 g/mol. The summed E-state index contributed by atoms with van der Waals surface area (Å²) in [4.78, 5) is 0. The van der Waals surface area contributed by atoms with Crippen LogP contribution in [-0.2, 0) is 93.4 Å². The summed E-state index contributed by atoms with van der Waals surface area (Å²) in [5, 5.41) is 65.4. The van der Waals surface area contributed by atoms with Gasteiger partial charge in [-0.15, -0.1) is 0 Å². The average molecular weight is 2070 g/mol. The van der Waals surface area contributed by atoms with E-state index in [-0.39, 0.29) is 89.6 Å². The van der Waals surface area contributed by atoms with Gasteiger partial charge in [-0.1, -0.05) is 382 Å². The first-order chi connectivity index (χ1) is 69.4. The van der Waals surface area contributed by atoms with Crippen LogP contribution in [0.3, 0.4) is 0 Å². The maximum Gasteiger partial charge on any atom is 0.183 e. The zero-order valence-electron chi connectivity index (χ0n) is 102. The lowest BCUT2D eigenvalue weighted by Crippen LogP contribution is -2.38. The Morgan fingerprint density at radius 1 is 0.200 bits per heavy atom. The van der Waals surface area contributed by atoms with E-state index in [4.69, 9.17) is 28.4 Å². The van der Waals surface area contributed by atoms with Crippen LogP contribution in [0.4, 0.5) is 0 Å². The van der Waals surface area contributed by atoms with Gasteiger partial charge in [0.25, 0.3) is 0 Å². The van der Waals surface area contributed by atoms with Gasteiger partial charge in [0.2, 0.25) is 0 Å². The van der Waals surface area contributed by atoms with E-state index in [2.05, 4.69) is 328 Å². The molecule has 12 nitrogen and oxygen atoms in total. The lowest BCUT2D eigenvalue weighted by Gasteiger charge is -2.39. The Balaban J connectivity index is 0.000000150. The van der Waals surface area contributed by atoms with Gasteiger partial charge in [-0.25, -0.2) is 0 Å². The van der Waals surface area contributed by atoms with Crippen LogP contribution in [0, 0.1) is 59.2 Å². The van der Waals surface area contributed by atoms with Crippen LogP contribution < -0.4 is 0 Å². The van der Waals surface area contributed by atoms with Crippen LogP contribution in [0.2, 0.25) is 0 Å². The van der Waals surface area contributed by atoms with Crippen molar-refractivity contribution in [2.75, 3.05) is 39.6 Å². The van der Waals surface area contributed by atoms with E-state index in [1.165, 1.54) is 213 Å². The van der Waals surface area contributed by atoms with Gasteiger partial charge < -0.3 is 59.1 Å². The minimum absolute atomic E-state index is 0.00807. The van der Waals surface area contributed by atoms with Gasteiger partial charge in [0.1, 0.15) is 34.5 Å². The average Bonchev–Trinajstić information content (AvgIpc) is 0.786. The van der Waals surface area contributed by atoms with Crippen molar-refractivity contribution in [1.82, 2.24) is 0 Å². The molecule has 4 saturated heterocycles. The first-order valence-electron chi connectivity index (χ1n) is 60.1. The maximum atomic E-state index is 10.9. The van der Waals surface area contributed by atoms with Crippen molar-refractivity contribution in [2.45, 2.75) is 543 Å². The molecule has 6 aromatic rings. The largest absolute Gasteiger partial charge is 0.507 e. The molecule has 150 heavy (non-hydrogen) atoms. The number of phenols is 6. The van der Waals surface area contributed by atoms with Gasteiger partial charge in [0, 0.05) is 40.4 Å². The second-order valence-electron chi connectivity index (χ2n) is 61.6. The number of benzene rings is 6. The van der Waals surface area contributed by atoms with Gasteiger partial charge >= 0.3 is 0 Å². The van der Waals surface area contributed by atoms with Crippen LogP contribution >= 0.6 is 0 Å². The number of hydrogen-bond donors (Lipinski definition) is 6. The molecule has 18 rings (SSSR count). The van der Waals surface area contributed by atoms with Crippen molar-refractivity contribution in [3.05, 3.63) is 179 Å². The summed E-state index contributed by atoms with van der Waals surface area (Å²) in [6.45, 7) is 83.0. The number of aromatic hydroxyl groups is 6. The SMILES string of the molecule is CC(C)(C)c1cc(C2=CCC(C3CCC3)CC2)cc(C(C)(C)C)c1O.CC(C)(C)c1cc(C2CCC(C3CCC3)CC2)cc(C(C)(C)C)c1O.CC(C)(C)c1cc(C2CCC(C3CCC3)CO2)cc(C(C)(C)C)c1O.CC(C)(C)c1cc(C2CCC(C3CCC3)OC2)cc(C(C)(C)C)c1O.CC(C)(C)c1cc(C2COC(C3CCC3)OC2)cc(C(C)(C)C)c1O.CC(C)(C)c1cc(C2OCC(C3CCC3)CO2)cc(C(C)(C)C)c1O. The molecule has 7 saturated carbocycles. The van der Waals surface area contributed by atoms with Crippen LogP contribution in [0.25, 0.3) is 5.57 Å². The highest BCUT2D eigenvalue weighted by atomic mass is 16.7. The molecule has 0 spiro atoms. The van der Waals surface area contributed by atoms with Gasteiger partial charge in [0.05, 0.1) is 51.8 Å². The van der Waals surface area contributed by atoms with Crippen molar-refractivity contribution >= 4 is 5.57 Å². The van der Waals surface area contributed by atoms with E-state index in [0.29, 0.717) is 77.5 Å². The molecular weight excluding hydrogens is 1850 g/mol. The van der Waals surface area contributed by atoms with Crippen LogP contribution in [0.5, 0.6) is 34.5 Å². The summed E-state index contributed by atoms with van der Waals surface area (Å²) in [5.41, 5.74) is 20.8. The summed E-state index contributed by atoms with van der Waals surface area (Å²) in [5.74, 6) is 12.5. The molecule has 0 amide bonds. The minimum atomic E-state index is -0.320. The molecule has 12 aliphatic rings. The number of ether oxygens (including phenoxy) is 6. The third-order valence-corrected chi connectivity index (χ3v) is 37.1. The second kappa shape index (κ2) is 47.4. The standard InChI is InChI=1S/C24H38O.C24H36O.2C23H36O2.2C22H34O3/c2*1-23(2,3)20-14-19(15-21(22(20)25)24(4,5)6)18-12-10-17(11-13-18)16-8-7-9-16;1-22(2,3)18-12-17(13-19(21(18)24)23(4,5)6)16-10-11-20(25-14-16)15-8-7-9-15;1-22(2,3)18-12-17(13-19(21(18)24)23(4,5)6)20-11-10-16(14-25-20)15-8-7-9-15;1-21(2,3)17-10-15(11-18(19(17)23)22(4,5)6)16-12-24-20(25-13-16)14-8-7-9-14;1-21(2,3)17-10-15(11-18(19(17)23)22(4,5)6)20-24-12-16(13-25-20)14-8-7-9-14/h14-18,25H,7-13H2,1-6H3;12,14-17,25H,7-11,13H2,1-6H3;2*12-13,15-16,20,24H,7-11,14H2,1-6H3;2*10-11,14,16,20,23H,7-9,12-13H2,1-6H3. The van der Waals surface area contributed by atoms with E-state index < -0.39 is 0 Å². The van der Waals surface area contributed by atoms with Crippen molar-refractivity contribution in [3.63, 3.8) is 0 Å². The molecule has 838 valence electrons. The Morgan fingerprint density at radius 3 is 0.747 bits per heavy atom. The molecule has 0 radical (unpaired) electrons. The third-order valence-electron chi connectivity index (χ3n) is 37.1. The summed E-state index contributed by atoms with van der Waals surface area (Å²) in [7, 11) is 0. The molecule has 6 aromatic carbocycles. The molecule has 11 fully saturated rings. The fourth-order valence-corrected chi connectivity index (χ4v) is 25.4. The Hall–Kier alpha value is -6.38. The Morgan fingerprint density at radius 2 is 0.460 bits per heavy atom. The number of allylic oxidation sites excluding steroid dienone is 2. The van der Waals surface area contributed by atoms with Crippen LogP contribution in [-0.4, -0.2) is 82.7 Å². The number of hydrogen-bond acceptors (Lipinski definition) is 12. The normalized spacial score (nSPS) is 25.1. The van der Waals surface area contributed by atoms with Gasteiger partial charge in [-0.2, -0.15) is 0 Å². The Kier molecular flexibility index (Phi) is 38.1. The number of phenolic OH excluding ortho intramolecular Hbond substituents is 6. The van der Waals surface area contributed by atoms with Crippen LogP contribution in [0.15, 0.2) is 78.9 Å². The lowest BCUT2D eigenvalue weighted by molar-refractivity contribution is -0.223. The molecule has 12 heteroatoms. The smallest absolute Gasteiger partial charge is 0.183 e. The van der Waals surface area contributed by atoms with Gasteiger partial charge in [0.15, 0.2) is 12.6 Å². The molecule has 0 aromatic heterocycles. The maximum absolute atomic E-state index is 10.9. The highest BCUT2D eigenvalue weighted by Gasteiger charge is 2.44. The molecule has 0 bridgehead atoms. The van der Waals surface area contributed by atoms with Gasteiger partial charge in [-0.3, -0.25) is 0 Å². The number of rotatable bonds is 12. The van der Waals surface area contributed by atoms with Crippen molar-refractivity contribution in [3.8, 4) is 34.5 Å². The lowest BCUT2D eigenvalue weighted by atomic mass is 9.67. The minimum Gasteiger partial charge on any atom is -0.507 e. The highest BCUT2D eigenvalue weighted by Crippen LogP contribution is 2.55. The second-order valence-corrected chi connectivity index (χ2v) is 61.6. The topological polar surface area (TPSA) is 177 Å². The van der Waals surface area contributed by atoms with Crippen molar-refractivity contribution in [2.24, 2.45) is 59.2 Å². The van der Waals surface area contributed by atoms with Crippen LogP contribution in [0.1, 0.15) is 566 Å². The first kappa shape index (κ1) is 121.